The summed E-state index contributed by atoms with van der Waals surface area (Å²) in [4.78, 5) is 39.3. The van der Waals surface area contributed by atoms with Crippen LogP contribution in [0.1, 0.15) is 0 Å². The van der Waals surface area contributed by atoms with Gasteiger partial charge in [0, 0.05) is 30.6 Å². The first kappa shape index (κ1) is 18.9. The Kier molecular flexibility index (Phi) is 5.47. The average molecular weight is 398 g/mol. The van der Waals surface area contributed by atoms with Crippen molar-refractivity contribution in [3.63, 3.8) is 0 Å². The average Bonchev–Trinajstić information content (AvgIpc) is 2.80. The van der Waals surface area contributed by atoms with Crippen molar-refractivity contribution in [1.82, 2.24) is 19.9 Å². The molecule has 4 aromatic rings. The molecule has 0 aliphatic heterocycles. The Labute approximate surface area is 171 Å². The highest BCUT2D eigenvalue weighted by atomic mass is 16.5. The summed E-state index contributed by atoms with van der Waals surface area (Å²) in [5, 5.41) is 0. The minimum absolute atomic E-state index is 0.276. The van der Waals surface area contributed by atoms with Crippen LogP contribution >= 0.6 is 0 Å². The first-order chi connectivity index (χ1) is 14.8. The molecular formula is C22H14N4O4. The summed E-state index contributed by atoms with van der Waals surface area (Å²) < 4.78 is 9.92. The third-order valence-corrected chi connectivity index (χ3v) is 4.10. The molecule has 0 bridgehead atoms. The topological polar surface area (TPSA) is 104 Å². The molecular weight excluding hydrogens is 384 g/mol. The van der Waals surface area contributed by atoms with E-state index in [9.17, 15) is 9.59 Å². The van der Waals surface area contributed by atoms with Crippen molar-refractivity contribution in [2.24, 2.45) is 0 Å². The van der Waals surface area contributed by atoms with E-state index in [1.165, 1.54) is 6.20 Å². The zero-order valence-electron chi connectivity index (χ0n) is 15.5. The number of ether oxygens (including phenoxy) is 2. The Morgan fingerprint density at radius 1 is 0.567 bits per heavy atom. The fourth-order valence-electron chi connectivity index (χ4n) is 2.81. The van der Waals surface area contributed by atoms with Crippen molar-refractivity contribution in [2.75, 3.05) is 0 Å². The highest BCUT2D eigenvalue weighted by Crippen LogP contribution is 2.29. The molecule has 4 aromatic heterocycles. The van der Waals surface area contributed by atoms with E-state index in [1.807, 2.05) is 30.3 Å². The summed E-state index contributed by atoms with van der Waals surface area (Å²) in [5.74, 6) is 0.592. The van der Waals surface area contributed by atoms with Crippen LogP contribution in [0.5, 0.6) is 11.5 Å². The molecule has 0 unspecified atom stereocenters. The fraction of sp³-hybridized carbons (Fsp3) is 0. The Morgan fingerprint density at radius 2 is 1.17 bits per heavy atom. The molecule has 4 rings (SSSR count). The van der Waals surface area contributed by atoms with Crippen molar-refractivity contribution in [3.05, 3.63) is 73.1 Å². The molecule has 8 heteroatoms. The Hall–Kier alpha value is -4.46. The lowest BCUT2D eigenvalue weighted by Crippen LogP contribution is -1.98. The molecule has 4 heterocycles. The largest absolute Gasteiger partial charge is 0.429 e. The summed E-state index contributed by atoms with van der Waals surface area (Å²) in [6, 6.07) is 17.3. The van der Waals surface area contributed by atoms with E-state index >= 15 is 0 Å². The number of pyridine rings is 4. The van der Waals surface area contributed by atoms with E-state index in [-0.39, 0.29) is 5.75 Å². The molecule has 0 aliphatic rings. The molecule has 0 aromatic carbocycles. The minimum Gasteiger partial charge on any atom is -0.429 e. The van der Waals surface area contributed by atoms with Crippen molar-refractivity contribution in [1.29, 1.82) is 0 Å². The lowest BCUT2D eigenvalue weighted by atomic mass is 10.1. The zero-order valence-corrected chi connectivity index (χ0v) is 15.5. The van der Waals surface area contributed by atoms with Crippen molar-refractivity contribution < 1.29 is 19.1 Å². The number of nitrogens with zero attached hydrogens (tertiary/aromatic N) is 4. The number of carbonyl (C=O) groups is 2. The third kappa shape index (κ3) is 4.17. The Balaban J connectivity index is 1.80. The molecule has 146 valence electrons. The molecule has 0 spiro atoms. The molecule has 0 amide bonds. The van der Waals surface area contributed by atoms with Crippen LogP contribution in [0, 0.1) is 0 Å². The lowest BCUT2D eigenvalue weighted by Gasteiger charge is -2.09. The quantitative estimate of drug-likeness (QED) is 0.437. The summed E-state index contributed by atoms with van der Waals surface area (Å²) in [6.45, 7) is 0.664. The van der Waals surface area contributed by atoms with Crippen LogP contribution < -0.4 is 9.47 Å². The van der Waals surface area contributed by atoms with Gasteiger partial charge in [0.15, 0.2) is 0 Å². The Bertz CT molecular complexity index is 1200. The smallest absolute Gasteiger partial charge is 0.298 e. The van der Waals surface area contributed by atoms with Crippen LogP contribution in [0.4, 0.5) is 0 Å². The minimum atomic E-state index is 0.276. The van der Waals surface area contributed by atoms with Gasteiger partial charge in [0.2, 0.25) is 0 Å². The van der Waals surface area contributed by atoms with Gasteiger partial charge < -0.3 is 9.47 Å². The SMILES string of the molecule is O=COc1ccnc(-c2cc(OC=O)cc(-c3cccc(-c4ccccn4)n3)n2)c1. The fourth-order valence-corrected chi connectivity index (χ4v) is 2.81. The predicted octanol–water partition coefficient (Wildman–Crippen LogP) is 3.34. The lowest BCUT2D eigenvalue weighted by molar-refractivity contribution is -0.121. The second kappa shape index (κ2) is 8.70. The summed E-state index contributed by atoms with van der Waals surface area (Å²) in [5.41, 5.74) is 3.30. The molecule has 8 nitrogen and oxygen atoms in total. The van der Waals surface area contributed by atoms with Gasteiger partial charge in [0.25, 0.3) is 12.9 Å². The van der Waals surface area contributed by atoms with Crippen molar-refractivity contribution in [2.45, 2.75) is 0 Å². The normalized spacial score (nSPS) is 10.3. The number of hydrogen-bond donors (Lipinski definition) is 0. The van der Waals surface area contributed by atoms with Crippen molar-refractivity contribution >= 4 is 12.9 Å². The predicted molar refractivity (Wildman–Crippen MR) is 107 cm³/mol. The second-order valence-electron chi connectivity index (χ2n) is 6.00. The third-order valence-electron chi connectivity index (χ3n) is 4.10. The molecule has 0 atom stereocenters. The van der Waals surface area contributed by atoms with E-state index in [2.05, 4.69) is 19.9 Å². The van der Waals surface area contributed by atoms with Gasteiger partial charge in [-0.15, -0.1) is 0 Å². The molecule has 0 aliphatic carbocycles. The molecule has 0 radical (unpaired) electrons. The Morgan fingerprint density at radius 3 is 1.90 bits per heavy atom. The maximum absolute atomic E-state index is 10.9. The van der Waals surface area contributed by atoms with E-state index in [4.69, 9.17) is 9.47 Å². The molecule has 0 fully saturated rings. The maximum atomic E-state index is 10.9. The van der Waals surface area contributed by atoms with E-state index < -0.39 is 0 Å². The summed E-state index contributed by atoms with van der Waals surface area (Å²) in [6.07, 6.45) is 3.18. The molecule has 0 saturated carbocycles. The first-order valence-corrected chi connectivity index (χ1v) is 8.85. The second-order valence-corrected chi connectivity index (χ2v) is 6.00. The van der Waals surface area contributed by atoms with Gasteiger partial charge >= 0.3 is 0 Å². The zero-order chi connectivity index (χ0) is 20.8. The van der Waals surface area contributed by atoms with Gasteiger partial charge in [-0.2, -0.15) is 0 Å². The van der Waals surface area contributed by atoms with E-state index in [0.717, 1.165) is 5.69 Å². The van der Waals surface area contributed by atoms with Gasteiger partial charge in [0.1, 0.15) is 11.5 Å². The highest BCUT2D eigenvalue weighted by molar-refractivity contribution is 5.68. The van der Waals surface area contributed by atoms with E-state index in [1.54, 1.807) is 36.5 Å². The highest BCUT2D eigenvalue weighted by Gasteiger charge is 2.12. The molecule has 30 heavy (non-hydrogen) atoms. The molecule has 0 N–H and O–H groups in total. The van der Waals surface area contributed by atoms with E-state index in [0.29, 0.717) is 47.2 Å². The van der Waals surface area contributed by atoms with Gasteiger partial charge in [-0.05, 0) is 30.3 Å². The van der Waals surface area contributed by atoms with Crippen LogP contribution in [-0.2, 0) is 9.59 Å². The number of rotatable bonds is 7. The standard InChI is InChI=1S/C22H14N4O4/c27-13-29-15-7-9-24-20(10-15)22-12-16(30-14-28)11-21(26-22)19-6-3-5-18(25-19)17-4-1-2-8-23-17/h1-14H. The molecule has 0 saturated heterocycles. The van der Waals surface area contributed by atoms with Crippen LogP contribution in [0.3, 0.4) is 0 Å². The first-order valence-electron chi connectivity index (χ1n) is 8.85. The summed E-state index contributed by atoms with van der Waals surface area (Å²) >= 11 is 0. The van der Waals surface area contributed by atoms with Crippen LogP contribution in [0.2, 0.25) is 0 Å². The van der Waals surface area contributed by atoms with Gasteiger partial charge in [0.05, 0.1) is 34.2 Å². The van der Waals surface area contributed by atoms with Crippen LogP contribution in [0.25, 0.3) is 34.2 Å². The van der Waals surface area contributed by atoms with Gasteiger partial charge in [-0.25, -0.2) is 9.97 Å². The van der Waals surface area contributed by atoms with Gasteiger partial charge in [-0.1, -0.05) is 12.1 Å². The van der Waals surface area contributed by atoms with Gasteiger partial charge in [-0.3, -0.25) is 19.6 Å². The monoisotopic (exact) mass is 398 g/mol. The number of hydrogen-bond acceptors (Lipinski definition) is 8. The maximum Gasteiger partial charge on any atom is 0.298 e. The number of aromatic nitrogens is 4. The van der Waals surface area contributed by atoms with Crippen LogP contribution in [0.15, 0.2) is 73.1 Å². The van der Waals surface area contributed by atoms with Crippen LogP contribution in [-0.4, -0.2) is 32.9 Å². The summed E-state index contributed by atoms with van der Waals surface area (Å²) in [7, 11) is 0. The van der Waals surface area contributed by atoms with Crippen molar-refractivity contribution in [3.8, 4) is 45.7 Å². The number of carbonyl (C=O) groups excluding carboxylic acids is 2.